The zero-order chi connectivity index (χ0) is 19.7. The van der Waals surface area contributed by atoms with E-state index in [1.54, 1.807) is 4.90 Å². The van der Waals surface area contributed by atoms with Gasteiger partial charge in [0.2, 0.25) is 5.91 Å². The van der Waals surface area contributed by atoms with Gasteiger partial charge in [-0.15, -0.1) is 0 Å². The first-order chi connectivity index (χ1) is 13.5. The van der Waals surface area contributed by atoms with E-state index in [9.17, 15) is 18.4 Å². The fraction of sp³-hybridized carbons (Fsp3) is 0.600. The minimum Gasteiger partial charge on any atom is -0.366 e. The topological polar surface area (TPSA) is 61.9 Å². The lowest BCUT2D eigenvalue weighted by Gasteiger charge is -2.40. The fourth-order valence-electron chi connectivity index (χ4n) is 4.45. The molecule has 1 spiro atoms. The fourth-order valence-corrected chi connectivity index (χ4v) is 4.45. The maximum absolute atomic E-state index is 13.4. The Kier molecular flexibility index (Phi) is 5.33. The van der Waals surface area contributed by atoms with E-state index in [2.05, 4.69) is 5.32 Å². The van der Waals surface area contributed by atoms with E-state index < -0.39 is 17.7 Å². The molecule has 2 amide bonds. The van der Waals surface area contributed by atoms with Crippen LogP contribution in [0.15, 0.2) is 18.2 Å². The van der Waals surface area contributed by atoms with Gasteiger partial charge in [0, 0.05) is 51.1 Å². The van der Waals surface area contributed by atoms with Crippen LogP contribution in [-0.2, 0) is 20.9 Å². The monoisotopic (exact) mass is 393 g/mol. The van der Waals surface area contributed by atoms with Gasteiger partial charge in [-0.05, 0) is 30.5 Å². The van der Waals surface area contributed by atoms with Crippen LogP contribution in [0.5, 0.6) is 0 Å². The van der Waals surface area contributed by atoms with Crippen molar-refractivity contribution in [3.63, 3.8) is 0 Å². The lowest BCUT2D eigenvalue weighted by molar-refractivity contribution is -0.147. The van der Waals surface area contributed by atoms with Crippen molar-refractivity contribution >= 4 is 11.8 Å². The van der Waals surface area contributed by atoms with E-state index in [0.717, 1.165) is 31.5 Å². The molecule has 1 N–H and O–H groups in total. The zero-order valence-electron chi connectivity index (χ0n) is 15.8. The molecule has 152 valence electrons. The van der Waals surface area contributed by atoms with Crippen molar-refractivity contribution in [1.29, 1.82) is 0 Å². The Bertz CT molecular complexity index is 759. The summed E-state index contributed by atoms with van der Waals surface area (Å²) in [5.41, 5.74) is 0.442. The van der Waals surface area contributed by atoms with Gasteiger partial charge in [0.1, 0.15) is 6.10 Å². The van der Waals surface area contributed by atoms with E-state index in [4.69, 9.17) is 4.74 Å². The Morgan fingerprint density at radius 3 is 2.71 bits per heavy atom. The van der Waals surface area contributed by atoms with Crippen molar-refractivity contribution in [3.05, 3.63) is 35.4 Å². The zero-order valence-corrected chi connectivity index (χ0v) is 15.8. The van der Waals surface area contributed by atoms with Crippen LogP contribution in [0.3, 0.4) is 0 Å². The van der Waals surface area contributed by atoms with E-state index >= 15 is 0 Å². The number of amides is 2. The molecule has 3 aliphatic heterocycles. The van der Waals surface area contributed by atoms with Crippen LogP contribution in [-0.4, -0.2) is 67.0 Å². The summed E-state index contributed by atoms with van der Waals surface area (Å²) >= 11 is 0. The van der Waals surface area contributed by atoms with Gasteiger partial charge in [-0.25, -0.2) is 8.78 Å². The van der Waals surface area contributed by atoms with E-state index in [1.807, 2.05) is 4.90 Å². The van der Waals surface area contributed by atoms with E-state index in [0.29, 0.717) is 44.8 Å². The number of hydrogen-bond donors (Lipinski definition) is 1. The molecule has 3 saturated heterocycles. The summed E-state index contributed by atoms with van der Waals surface area (Å²) in [6, 6.07) is 3.75. The Balaban J connectivity index is 1.34. The maximum atomic E-state index is 13.4. The molecule has 3 heterocycles. The Morgan fingerprint density at radius 1 is 1.25 bits per heavy atom. The average Bonchev–Trinajstić information content (AvgIpc) is 3.00. The molecule has 6 nitrogen and oxygen atoms in total. The van der Waals surface area contributed by atoms with Crippen LogP contribution in [0.2, 0.25) is 0 Å². The highest BCUT2D eigenvalue weighted by Gasteiger charge is 2.46. The molecule has 4 rings (SSSR count). The second-order valence-electron chi connectivity index (χ2n) is 8.06. The van der Waals surface area contributed by atoms with Crippen molar-refractivity contribution in [1.82, 2.24) is 15.1 Å². The first-order valence-corrected chi connectivity index (χ1v) is 9.79. The van der Waals surface area contributed by atoms with Gasteiger partial charge >= 0.3 is 0 Å². The summed E-state index contributed by atoms with van der Waals surface area (Å²) in [7, 11) is 0. The van der Waals surface area contributed by atoms with Gasteiger partial charge in [0.25, 0.3) is 5.91 Å². The van der Waals surface area contributed by atoms with E-state index in [-0.39, 0.29) is 23.8 Å². The van der Waals surface area contributed by atoms with Gasteiger partial charge in [-0.3, -0.25) is 9.59 Å². The maximum Gasteiger partial charge on any atom is 0.253 e. The molecule has 28 heavy (non-hydrogen) atoms. The molecular weight excluding hydrogens is 368 g/mol. The molecule has 3 fully saturated rings. The molecule has 3 aliphatic rings. The SMILES string of the molecule is O=C1CC2(CCN(C(=O)[C@H]3CNCCO3)CC2)CN1Cc1ccc(F)c(F)c1. The molecular formula is C20H25F2N3O3. The third-order valence-electron chi connectivity index (χ3n) is 6.10. The van der Waals surface area contributed by atoms with Gasteiger partial charge in [0.15, 0.2) is 11.6 Å². The number of piperidine rings is 1. The lowest BCUT2D eigenvalue weighted by atomic mass is 9.77. The molecule has 1 atom stereocenters. The number of carbonyl (C=O) groups excluding carboxylic acids is 2. The highest BCUT2D eigenvalue weighted by Crippen LogP contribution is 2.41. The van der Waals surface area contributed by atoms with Gasteiger partial charge in [-0.2, -0.15) is 0 Å². The lowest BCUT2D eigenvalue weighted by Crippen LogP contribution is -2.52. The van der Waals surface area contributed by atoms with Gasteiger partial charge < -0.3 is 19.9 Å². The number of rotatable bonds is 3. The number of morpholine rings is 1. The highest BCUT2D eigenvalue weighted by atomic mass is 19.2. The Hall–Kier alpha value is -2.06. The summed E-state index contributed by atoms with van der Waals surface area (Å²) in [5, 5.41) is 3.17. The summed E-state index contributed by atoms with van der Waals surface area (Å²) < 4.78 is 32.1. The molecule has 8 heteroatoms. The predicted molar refractivity (Wildman–Crippen MR) is 97.2 cm³/mol. The number of halogens is 2. The molecule has 1 aromatic rings. The number of benzene rings is 1. The summed E-state index contributed by atoms with van der Waals surface area (Å²) in [6.07, 6.45) is 1.55. The molecule has 0 bridgehead atoms. The number of hydrogen-bond acceptors (Lipinski definition) is 4. The number of likely N-dealkylation sites (tertiary alicyclic amines) is 2. The molecule has 0 unspecified atom stereocenters. The predicted octanol–water partition coefficient (Wildman–Crippen LogP) is 1.29. The van der Waals surface area contributed by atoms with Gasteiger partial charge in [0.05, 0.1) is 6.61 Å². The van der Waals surface area contributed by atoms with E-state index in [1.165, 1.54) is 6.07 Å². The normalized spacial score (nSPS) is 24.8. The summed E-state index contributed by atoms with van der Waals surface area (Å²) in [5.74, 6) is -1.73. The second kappa shape index (κ2) is 7.75. The molecule has 0 saturated carbocycles. The third kappa shape index (κ3) is 3.89. The third-order valence-corrected chi connectivity index (χ3v) is 6.10. The van der Waals surface area contributed by atoms with Crippen LogP contribution in [0.4, 0.5) is 8.78 Å². The van der Waals surface area contributed by atoms with Crippen molar-refractivity contribution in [2.75, 3.05) is 39.3 Å². The minimum absolute atomic E-state index is 0.0185. The van der Waals surface area contributed by atoms with Crippen LogP contribution < -0.4 is 5.32 Å². The standard InChI is InChI=1S/C20H25F2N3O3/c21-15-2-1-14(9-16(15)22)12-25-13-20(10-18(25)26)3-6-24(7-4-20)19(27)17-11-23-5-8-28-17/h1-2,9,17,23H,3-8,10-13H2/t17-/m1/s1. The largest absolute Gasteiger partial charge is 0.366 e. The number of carbonyl (C=O) groups is 2. The molecule has 0 aromatic heterocycles. The molecule has 1 aromatic carbocycles. The van der Waals surface area contributed by atoms with Crippen molar-refractivity contribution in [3.8, 4) is 0 Å². The molecule has 0 radical (unpaired) electrons. The second-order valence-corrected chi connectivity index (χ2v) is 8.06. The Morgan fingerprint density at radius 2 is 2.04 bits per heavy atom. The average molecular weight is 393 g/mol. The van der Waals surface area contributed by atoms with Crippen molar-refractivity contribution in [2.24, 2.45) is 5.41 Å². The first kappa shape index (κ1) is 19.3. The number of nitrogens with one attached hydrogen (secondary N) is 1. The number of ether oxygens (including phenoxy) is 1. The minimum atomic E-state index is -0.898. The van der Waals surface area contributed by atoms with Crippen molar-refractivity contribution in [2.45, 2.75) is 31.9 Å². The number of nitrogens with zero attached hydrogens (tertiary/aromatic N) is 2. The van der Waals surface area contributed by atoms with Crippen molar-refractivity contribution < 1.29 is 23.1 Å². The van der Waals surface area contributed by atoms with Crippen LogP contribution >= 0.6 is 0 Å². The van der Waals surface area contributed by atoms with Crippen LogP contribution in [0.25, 0.3) is 0 Å². The smallest absolute Gasteiger partial charge is 0.253 e. The van der Waals surface area contributed by atoms with Gasteiger partial charge in [-0.1, -0.05) is 6.07 Å². The Labute approximate surface area is 162 Å². The first-order valence-electron chi connectivity index (χ1n) is 9.79. The highest BCUT2D eigenvalue weighted by molar-refractivity contribution is 5.82. The van der Waals surface area contributed by atoms with Crippen LogP contribution in [0, 0.1) is 17.0 Å². The summed E-state index contributed by atoms with van der Waals surface area (Å²) in [6.45, 7) is 3.96. The quantitative estimate of drug-likeness (QED) is 0.841. The van der Waals surface area contributed by atoms with Crippen LogP contribution in [0.1, 0.15) is 24.8 Å². The summed E-state index contributed by atoms with van der Waals surface area (Å²) in [4.78, 5) is 28.7. The molecule has 0 aliphatic carbocycles.